The summed E-state index contributed by atoms with van der Waals surface area (Å²) in [6.45, 7) is 15.1. The number of unbranched alkanes of at least 4 members (excludes halogenated alkanes) is 14. The van der Waals surface area contributed by atoms with Crippen LogP contribution in [0.5, 0.6) is 0 Å². The quantitative estimate of drug-likeness (QED) is 0.0373. The fraction of sp³-hybridized carbons (Fsp3) is 0.956. The normalized spacial score (nSPS) is 37.1. The summed E-state index contributed by atoms with van der Waals surface area (Å²) in [7, 11) is 0. The molecular weight excluding hydrogens is 572 g/mol. The Morgan fingerprint density at radius 3 is 1.89 bits per heavy atom. The van der Waals surface area contributed by atoms with E-state index in [4.69, 9.17) is 4.89 Å². The van der Waals surface area contributed by atoms with Gasteiger partial charge in [-0.2, -0.15) is 4.52 Å². The van der Waals surface area contributed by atoms with Crippen LogP contribution in [0.25, 0.3) is 0 Å². The molecule has 0 bridgehead atoms. The van der Waals surface area contributed by atoms with Crippen LogP contribution in [0, 0.1) is 52.3 Å². The molecule has 5 rings (SSSR count). The molecule has 0 radical (unpaired) electrons. The number of rotatable bonds is 22. The summed E-state index contributed by atoms with van der Waals surface area (Å²) >= 11 is 0. The summed E-state index contributed by atoms with van der Waals surface area (Å²) < 4.78 is 3.37. The Kier molecular flexibility index (Phi) is 14.7. The SMILES string of the molecule is CCCCCCCCCCCCCCCCCC1O[O+]1[C@H]1CC[C@@]2(C)C(C=C[C@H]3[C@@H]4CC[C@H]([C@H](C)CCCC(C)C)[C@@]4(C)CC[C@@H]32)C1. The van der Waals surface area contributed by atoms with Crippen LogP contribution in [0.1, 0.15) is 208 Å². The number of hydrogen-bond donors (Lipinski definition) is 0. The van der Waals surface area contributed by atoms with Crippen molar-refractivity contribution in [3.05, 3.63) is 12.2 Å². The predicted molar refractivity (Wildman–Crippen MR) is 202 cm³/mol. The molecule has 0 aromatic rings. The van der Waals surface area contributed by atoms with Crippen LogP contribution in [-0.4, -0.2) is 12.4 Å². The first-order valence-electron chi connectivity index (χ1n) is 21.8. The highest BCUT2D eigenvalue weighted by atomic mass is 17.5. The van der Waals surface area contributed by atoms with Gasteiger partial charge in [-0.25, -0.2) is 0 Å². The third-order valence-electron chi connectivity index (χ3n) is 15.1. The maximum atomic E-state index is 6.17. The van der Waals surface area contributed by atoms with Crippen LogP contribution < -0.4 is 0 Å². The fourth-order valence-electron chi connectivity index (χ4n) is 12.1. The van der Waals surface area contributed by atoms with Crippen molar-refractivity contribution in [2.45, 2.75) is 221 Å². The smallest absolute Gasteiger partial charge is 0.198 e. The van der Waals surface area contributed by atoms with Crippen molar-refractivity contribution < 1.29 is 9.41 Å². The van der Waals surface area contributed by atoms with Gasteiger partial charge in [0.05, 0.1) is 6.42 Å². The van der Waals surface area contributed by atoms with Gasteiger partial charge in [-0.05, 0) is 95.7 Å². The van der Waals surface area contributed by atoms with Gasteiger partial charge < -0.3 is 0 Å². The summed E-state index contributed by atoms with van der Waals surface area (Å²) in [5.41, 5.74) is 1.07. The number of hydrogen-bond acceptors (Lipinski definition) is 1. The Balaban J connectivity index is 0.960. The second-order valence-corrected chi connectivity index (χ2v) is 18.8. The van der Waals surface area contributed by atoms with Gasteiger partial charge >= 0.3 is 6.29 Å². The molecule has 1 aliphatic heterocycles. The van der Waals surface area contributed by atoms with E-state index < -0.39 is 0 Å². The highest BCUT2D eigenvalue weighted by Gasteiger charge is 2.62. The third-order valence-corrected chi connectivity index (χ3v) is 15.1. The zero-order valence-electron chi connectivity index (χ0n) is 32.6. The first kappa shape index (κ1) is 37.9. The largest absolute Gasteiger partial charge is 0.370 e. The lowest BCUT2D eigenvalue weighted by molar-refractivity contribution is -0.225. The van der Waals surface area contributed by atoms with Gasteiger partial charge in [0.2, 0.25) is 0 Å². The molecule has 2 unspecified atom stereocenters. The molecule has 0 amide bonds. The van der Waals surface area contributed by atoms with Crippen LogP contribution in [-0.2, 0) is 9.41 Å². The lowest BCUT2D eigenvalue weighted by Gasteiger charge is -2.58. The maximum Gasteiger partial charge on any atom is 0.370 e. The minimum Gasteiger partial charge on any atom is -0.198 e. The molecule has 0 aromatic heterocycles. The van der Waals surface area contributed by atoms with Crippen molar-refractivity contribution in [3.8, 4) is 0 Å². The molecule has 1 heterocycles. The second-order valence-electron chi connectivity index (χ2n) is 18.8. The molecule has 2 heteroatoms. The monoisotopic (exact) mass is 654 g/mol. The molecule has 0 aromatic carbocycles. The van der Waals surface area contributed by atoms with Crippen molar-refractivity contribution in [2.24, 2.45) is 52.3 Å². The van der Waals surface area contributed by atoms with E-state index in [1.165, 1.54) is 167 Å². The fourth-order valence-corrected chi connectivity index (χ4v) is 12.1. The van der Waals surface area contributed by atoms with Gasteiger partial charge in [0.15, 0.2) is 6.10 Å². The Bertz CT molecular complexity index is 925. The topological polar surface area (TPSA) is 15.2 Å². The van der Waals surface area contributed by atoms with Crippen molar-refractivity contribution in [3.63, 3.8) is 0 Å². The summed E-state index contributed by atoms with van der Waals surface area (Å²) in [5, 5.41) is 0. The van der Waals surface area contributed by atoms with E-state index in [-0.39, 0.29) is 0 Å². The highest BCUT2D eigenvalue weighted by molar-refractivity contribution is 5.18. The van der Waals surface area contributed by atoms with Gasteiger partial charge in [0.1, 0.15) is 0 Å². The summed E-state index contributed by atoms with van der Waals surface area (Å²) in [6, 6.07) is 0. The average Bonchev–Trinajstić information content (AvgIpc) is 3.73. The molecule has 5 aliphatic rings. The molecule has 0 N–H and O–H groups in total. The molecule has 4 fully saturated rings. The van der Waals surface area contributed by atoms with E-state index in [1.807, 2.05) is 0 Å². The van der Waals surface area contributed by atoms with Crippen LogP contribution in [0.15, 0.2) is 12.2 Å². The van der Waals surface area contributed by atoms with Crippen molar-refractivity contribution in [1.29, 1.82) is 0 Å². The van der Waals surface area contributed by atoms with Gasteiger partial charge in [-0.3, -0.25) is 0 Å². The second kappa shape index (κ2) is 18.2. The number of allylic oxidation sites excluding steroid dienone is 2. The van der Waals surface area contributed by atoms with E-state index in [0.717, 1.165) is 41.4 Å². The van der Waals surface area contributed by atoms with E-state index in [2.05, 4.69) is 58.2 Å². The van der Waals surface area contributed by atoms with Gasteiger partial charge in [-0.1, -0.05) is 163 Å². The molecule has 272 valence electrons. The molecular formula is C45H81O2+. The molecule has 47 heavy (non-hydrogen) atoms. The van der Waals surface area contributed by atoms with E-state index in [0.29, 0.717) is 23.2 Å². The third kappa shape index (κ3) is 9.71. The first-order valence-corrected chi connectivity index (χ1v) is 21.8. The van der Waals surface area contributed by atoms with E-state index >= 15 is 0 Å². The molecule has 0 spiro atoms. The molecule has 1 saturated heterocycles. The minimum atomic E-state index is 0.347. The maximum absolute atomic E-state index is 6.17. The molecule has 10 atom stereocenters. The van der Waals surface area contributed by atoms with Crippen molar-refractivity contribution >= 4 is 0 Å². The van der Waals surface area contributed by atoms with Crippen LogP contribution in [0.2, 0.25) is 0 Å². The van der Waals surface area contributed by atoms with Crippen molar-refractivity contribution in [2.75, 3.05) is 0 Å². The lowest BCUT2D eigenvalue weighted by atomic mass is 9.46. The van der Waals surface area contributed by atoms with Gasteiger partial charge in [0.25, 0.3) is 0 Å². The molecule has 4 aliphatic carbocycles. The zero-order valence-corrected chi connectivity index (χ0v) is 32.6. The lowest BCUT2D eigenvalue weighted by Crippen LogP contribution is -2.52. The van der Waals surface area contributed by atoms with Crippen molar-refractivity contribution in [1.82, 2.24) is 0 Å². The summed E-state index contributed by atoms with van der Waals surface area (Å²) in [4.78, 5) is 6.17. The predicted octanol–water partition coefficient (Wildman–Crippen LogP) is 14.3. The first-order chi connectivity index (χ1) is 22.8. The van der Waals surface area contributed by atoms with E-state index in [1.54, 1.807) is 0 Å². The molecule has 3 saturated carbocycles. The van der Waals surface area contributed by atoms with Crippen LogP contribution in [0.4, 0.5) is 0 Å². The minimum absolute atomic E-state index is 0.347. The van der Waals surface area contributed by atoms with E-state index in [9.17, 15) is 0 Å². The van der Waals surface area contributed by atoms with Gasteiger partial charge in [-0.15, -0.1) is 0 Å². The zero-order chi connectivity index (χ0) is 33.3. The van der Waals surface area contributed by atoms with Crippen LogP contribution in [0.3, 0.4) is 0 Å². The Morgan fingerprint density at radius 1 is 0.660 bits per heavy atom. The summed E-state index contributed by atoms with van der Waals surface area (Å²) in [5.74, 6) is 6.11. The standard InChI is InChI=1S/C45H81O2/c1-7-8-9-10-11-12-13-14-15-16-17-18-19-20-21-25-43-46-47(43)38-30-32-44(5)37(34-38)26-27-39-41-29-28-40(36(4)24-22-23-35(2)3)45(41,6)33-31-42(39)44/h26-27,35-43H,7-25,28-34H2,1-6H3/q+1/t36-,37?,38+,39+,40-,41+,42+,43?,44+,45-/m1/s1. The Labute approximate surface area is 294 Å². The molecule has 2 nitrogen and oxygen atoms in total. The average molecular weight is 654 g/mol. The Hall–Kier alpha value is -0.340. The highest BCUT2D eigenvalue weighted by Crippen LogP contribution is 2.67. The summed E-state index contributed by atoms with van der Waals surface area (Å²) in [6.07, 6.45) is 43.5. The van der Waals surface area contributed by atoms with Crippen LogP contribution >= 0.6 is 0 Å². The Morgan fingerprint density at radius 2 is 1.26 bits per heavy atom. The van der Waals surface area contributed by atoms with Gasteiger partial charge in [0, 0.05) is 12.8 Å². The number of fused-ring (bicyclic) bond motifs is 5.